The summed E-state index contributed by atoms with van der Waals surface area (Å²) in [5.41, 5.74) is 0.943. The number of likely N-dealkylation sites (tertiary alicyclic amines) is 1. The second-order valence-corrected chi connectivity index (χ2v) is 6.74. The molecule has 2 amide bonds. The molecule has 1 aromatic carbocycles. The quantitative estimate of drug-likeness (QED) is 0.671. The molecular formula is C20H29N3O5. The summed E-state index contributed by atoms with van der Waals surface area (Å²) in [5.74, 6) is 1.31. The average molecular weight is 391 g/mol. The number of methoxy groups -OCH3 is 2. The van der Waals surface area contributed by atoms with Crippen LogP contribution in [-0.2, 0) is 0 Å². The largest absolute Gasteiger partial charge is 0.494 e. The van der Waals surface area contributed by atoms with Gasteiger partial charge in [-0.15, -0.1) is 0 Å². The maximum Gasteiger partial charge on any atom is 0.319 e. The number of carbonyl (C=O) groups is 1. The molecule has 0 saturated carbocycles. The highest BCUT2D eigenvalue weighted by atomic mass is 16.5. The molecule has 1 aliphatic rings. The minimum atomic E-state index is -0.374. The van der Waals surface area contributed by atoms with E-state index >= 15 is 0 Å². The molecule has 1 aliphatic heterocycles. The Balaban J connectivity index is 1.84. The summed E-state index contributed by atoms with van der Waals surface area (Å²) < 4.78 is 22.8. The van der Waals surface area contributed by atoms with Gasteiger partial charge in [-0.2, -0.15) is 0 Å². The third-order valence-corrected chi connectivity index (χ3v) is 4.96. The SMILES string of the molecule is CNC(=O)Nc1c(OCCCN2CCCCC2)c(OC)c2occc2c1OC. The number of nitrogens with zero attached hydrogens (tertiary/aromatic N) is 1. The van der Waals surface area contributed by atoms with Crippen molar-refractivity contribution in [3.05, 3.63) is 12.3 Å². The molecule has 1 fully saturated rings. The number of fused-ring (bicyclic) bond motifs is 1. The Morgan fingerprint density at radius 2 is 1.89 bits per heavy atom. The number of hydrogen-bond acceptors (Lipinski definition) is 6. The molecule has 0 atom stereocenters. The van der Waals surface area contributed by atoms with E-state index in [1.165, 1.54) is 19.3 Å². The summed E-state index contributed by atoms with van der Waals surface area (Å²) in [7, 11) is 4.64. The van der Waals surface area contributed by atoms with Crippen molar-refractivity contribution in [2.75, 3.05) is 52.8 Å². The lowest BCUT2D eigenvalue weighted by atomic mass is 10.1. The van der Waals surface area contributed by atoms with Gasteiger partial charge in [0.1, 0.15) is 5.69 Å². The van der Waals surface area contributed by atoms with Crippen LogP contribution < -0.4 is 24.8 Å². The number of benzene rings is 1. The summed E-state index contributed by atoms with van der Waals surface area (Å²) in [4.78, 5) is 14.5. The van der Waals surface area contributed by atoms with E-state index in [1.807, 2.05) is 0 Å². The van der Waals surface area contributed by atoms with Crippen molar-refractivity contribution in [1.29, 1.82) is 0 Å². The molecule has 0 unspecified atom stereocenters. The first-order valence-electron chi connectivity index (χ1n) is 9.68. The molecule has 0 bridgehead atoms. The number of rotatable bonds is 8. The van der Waals surface area contributed by atoms with Crippen molar-refractivity contribution in [2.45, 2.75) is 25.7 Å². The molecule has 3 rings (SSSR count). The molecule has 2 N–H and O–H groups in total. The van der Waals surface area contributed by atoms with Gasteiger partial charge < -0.3 is 34.2 Å². The summed E-state index contributed by atoms with van der Waals surface area (Å²) in [6, 6.07) is 1.40. The number of urea groups is 1. The van der Waals surface area contributed by atoms with Crippen LogP contribution in [0.1, 0.15) is 25.7 Å². The van der Waals surface area contributed by atoms with Crippen molar-refractivity contribution in [3.8, 4) is 17.2 Å². The van der Waals surface area contributed by atoms with Crippen LogP contribution in [0.2, 0.25) is 0 Å². The second kappa shape index (κ2) is 9.54. The van der Waals surface area contributed by atoms with E-state index in [0.29, 0.717) is 40.5 Å². The molecule has 2 aromatic rings. The Hall–Kier alpha value is -2.61. The third kappa shape index (κ3) is 4.27. The van der Waals surface area contributed by atoms with Crippen molar-refractivity contribution in [2.24, 2.45) is 0 Å². The number of ether oxygens (including phenoxy) is 3. The monoisotopic (exact) mass is 391 g/mol. The molecular weight excluding hydrogens is 362 g/mol. The highest BCUT2D eigenvalue weighted by Gasteiger charge is 2.26. The van der Waals surface area contributed by atoms with Gasteiger partial charge in [-0.3, -0.25) is 0 Å². The zero-order valence-electron chi connectivity index (χ0n) is 16.8. The van der Waals surface area contributed by atoms with Gasteiger partial charge in [-0.25, -0.2) is 4.79 Å². The molecule has 1 saturated heterocycles. The van der Waals surface area contributed by atoms with Gasteiger partial charge >= 0.3 is 6.03 Å². The van der Waals surface area contributed by atoms with Crippen LogP contribution in [0.15, 0.2) is 16.7 Å². The highest BCUT2D eigenvalue weighted by Crippen LogP contribution is 2.49. The van der Waals surface area contributed by atoms with Crippen molar-refractivity contribution in [3.63, 3.8) is 0 Å². The van der Waals surface area contributed by atoms with Gasteiger partial charge in [0.15, 0.2) is 17.1 Å². The number of anilines is 1. The zero-order chi connectivity index (χ0) is 19.9. The Morgan fingerprint density at radius 3 is 2.57 bits per heavy atom. The number of hydrogen-bond donors (Lipinski definition) is 2. The first kappa shape index (κ1) is 20.1. The molecule has 28 heavy (non-hydrogen) atoms. The van der Waals surface area contributed by atoms with E-state index in [-0.39, 0.29) is 6.03 Å². The van der Waals surface area contributed by atoms with E-state index in [0.717, 1.165) is 26.1 Å². The number of amides is 2. The van der Waals surface area contributed by atoms with Crippen LogP contribution >= 0.6 is 0 Å². The van der Waals surface area contributed by atoms with Crippen LogP contribution in [0.4, 0.5) is 10.5 Å². The molecule has 2 heterocycles. The Morgan fingerprint density at radius 1 is 1.14 bits per heavy atom. The van der Waals surface area contributed by atoms with Crippen LogP contribution in [-0.4, -0.2) is 58.4 Å². The second-order valence-electron chi connectivity index (χ2n) is 6.74. The average Bonchev–Trinajstić information content (AvgIpc) is 3.21. The lowest BCUT2D eigenvalue weighted by molar-refractivity contribution is 0.203. The van der Waals surface area contributed by atoms with Gasteiger partial charge in [0, 0.05) is 13.6 Å². The molecule has 8 heteroatoms. The van der Waals surface area contributed by atoms with Gasteiger partial charge in [0.05, 0.1) is 32.5 Å². The minimum absolute atomic E-state index is 0.374. The summed E-state index contributed by atoms with van der Waals surface area (Å²) in [5, 5.41) is 6.04. The molecule has 0 aliphatic carbocycles. The summed E-state index contributed by atoms with van der Waals surface area (Å²) in [6.07, 6.45) is 6.28. The highest BCUT2D eigenvalue weighted by molar-refractivity contribution is 6.03. The fraction of sp³-hybridized carbons (Fsp3) is 0.550. The van der Waals surface area contributed by atoms with Crippen molar-refractivity contribution >= 4 is 22.7 Å². The third-order valence-electron chi connectivity index (χ3n) is 4.96. The van der Waals surface area contributed by atoms with E-state index in [9.17, 15) is 4.79 Å². The normalized spacial score (nSPS) is 14.7. The fourth-order valence-electron chi connectivity index (χ4n) is 3.59. The Labute approximate surface area is 165 Å². The first-order valence-corrected chi connectivity index (χ1v) is 9.68. The molecule has 0 spiro atoms. The van der Waals surface area contributed by atoms with Gasteiger partial charge in [0.2, 0.25) is 5.75 Å². The fourth-order valence-corrected chi connectivity index (χ4v) is 3.59. The first-order chi connectivity index (χ1) is 13.7. The van der Waals surface area contributed by atoms with Crippen molar-refractivity contribution < 1.29 is 23.4 Å². The minimum Gasteiger partial charge on any atom is -0.494 e. The van der Waals surface area contributed by atoms with Crippen LogP contribution in [0, 0.1) is 0 Å². The summed E-state index contributed by atoms with van der Waals surface area (Å²) >= 11 is 0. The van der Waals surface area contributed by atoms with Gasteiger partial charge in [0.25, 0.3) is 0 Å². The van der Waals surface area contributed by atoms with E-state index < -0.39 is 0 Å². The maximum absolute atomic E-state index is 12.0. The Bertz CT molecular complexity index is 799. The predicted octanol–water partition coefficient (Wildman–Crippen LogP) is 3.46. The smallest absolute Gasteiger partial charge is 0.319 e. The lowest BCUT2D eigenvalue weighted by Crippen LogP contribution is -2.31. The van der Waals surface area contributed by atoms with Crippen LogP contribution in [0.25, 0.3) is 11.0 Å². The maximum atomic E-state index is 12.0. The lowest BCUT2D eigenvalue weighted by Gasteiger charge is -2.26. The van der Waals surface area contributed by atoms with Crippen LogP contribution in [0.5, 0.6) is 17.2 Å². The molecule has 8 nitrogen and oxygen atoms in total. The Kier molecular flexibility index (Phi) is 6.86. The molecule has 1 aromatic heterocycles. The van der Waals surface area contributed by atoms with E-state index in [1.54, 1.807) is 33.6 Å². The van der Waals surface area contributed by atoms with E-state index in [4.69, 9.17) is 18.6 Å². The number of piperidine rings is 1. The standard InChI is InChI=1S/C20H29N3O5/c1-21-20(24)22-15-16(25-2)14-8-13-28-17(14)19(26-3)18(15)27-12-7-11-23-9-5-4-6-10-23/h8,13H,4-7,9-12H2,1-3H3,(H2,21,22,24). The number of carbonyl (C=O) groups excluding carboxylic acids is 1. The van der Waals surface area contributed by atoms with Crippen LogP contribution in [0.3, 0.4) is 0 Å². The summed E-state index contributed by atoms with van der Waals surface area (Å²) in [6.45, 7) is 3.78. The van der Waals surface area contributed by atoms with Gasteiger partial charge in [-0.1, -0.05) is 6.42 Å². The topological polar surface area (TPSA) is 85.2 Å². The number of furan rings is 1. The molecule has 154 valence electrons. The predicted molar refractivity (Wildman–Crippen MR) is 108 cm³/mol. The van der Waals surface area contributed by atoms with Crippen molar-refractivity contribution in [1.82, 2.24) is 10.2 Å². The van der Waals surface area contributed by atoms with Gasteiger partial charge in [-0.05, 0) is 38.4 Å². The number of nitrogens with one attached hydrogen (secondary N) is 2. The molecule has 0 radical (unpaired) electrons. The van der Waals surface area contributed by atoms with E-state index in [2.05, 4.69) is 15.5 Å². The zero-order valence-corrected chi connectivity index (χ0v) is 16.8.